The molecule has 4 unspecified atom stereocenters. The van der Waals surface area contributed by atoms with Crippen molar-refractivity contribution in [3.8, 4) is 0 Å². The molecule has 0 aliphatic heterocycles. The minimum atomic E-state index is -0.150. The van der Waals surface area contributed by atoms with Crippen LogP contribution in [0.15, 0.2) is 0 Å². The highest BCUT2D eigenvalue weighted by Crippen LogP contribution is 2.31. The molecule has 0 spiro atoms. The van der Waals surface area contributed by atoms with E-state index in [1.807, 2.05) is 0 Å². The lowest BCUT2D eigenvalue weighted by molar-refractivity contribution is 0.0859. The Morgan fingerprint density at radius 1 is 0.938 bits per heavy atom. The van der Waals surface area contributed by atoms with Crippen LogP contribution in [0.25, 0.3) is 0 Å². The van der Waals surface area contributed by atoms with Gasteiger partial charge in [-0.1, -0.05) is 19.3 Å². The molecule has 0 bridgehead atoms. The van der Waals surface area contributed by atoms with Crippen LogP contribution >= 0.6 is 0 Å². The quantitative estimate of drug-likeness (QED) is 0.678. The van der Waals surface area contributed by atoms with Crippen molar-refractivity contribution in [3.05, 3.63) is 0 Å². The number of nitrogens with one attached hydrogen (secondary N) is 1. The number of aliphatic hydroxyl groups is 2. The molecule has 94 valence electrons. The molecule has 2 aliphatic rings. The standard InChI is InChI=1S/C13H25NO2/c15-9-11-5-3-4-10(11)8-14-12-6-1-2-7-13(12)16/h10-16H,1-9H2. The Morgan fingerprint density at radius 3 is 2.44 bits per heavy atom. The van der Waals surface area contributed by atoms with Gasteiger partial charge < -0.3 is 15.5 Å². The Morgan fingerprint density at radius 2 is 1.69 bits per heavy atom. The first-order valence-electron chi connectivity index (χ1n) is 6.83. The molecule has 3 N–H and O–H groups in total. The van der Waals surface area contributed by atoms with Crippen molar-refractivity contribution in [2.24, 2.45) is 11.8 Å². The smallest absolute Gasteiger partial charge is 0.0693 e. The predicted molar refractivity (Wildman–Crippen MR) is 64.2 cm³/mol. The molecule has 16 heavy (non-hydrogen) atoms. The van der Waals surface area contributed by atoms with Crippen molar-refractivity contribution in [2.45, 2.75) is 57.1 Å². The number of hydrogen-bond donors (Lipinski definition) is 3. The molecule has 0 aromatic rings. The third-order valence-corrected chi connectivity index (χ3v) is 4.42. The lowest BCUT2D eigenvalue weighted by atomic mass is 9.91. The molecular formula is C13H25NO2. The van der Waals surface area contributed by atoms with Crippen molar-refractivity contribution in [2.75, 3.05) is 13.2 Å². The van der Waals surface area contributed by atoms with Gasteiger partial charge in [-0.2, -0.15) is 0 Å². The van der Waals surface area contributed by atoms with E-state index in [2.05, 4.69) is 5.32 Å². The monoisotopic (exact) mass is 227 g/mol. The van der Waals surface area contributed by atoms with Crippen LogP contribution in [0.5, 0.6) is 0 Å². The van der Waals surface area contributed by atoms with Gasteiger partial charge in [-0.15, -0.1) is 0 Å². The Bertz CT molecular complexity index is 208. The Labute approximate surface area is 98.2 Å². The molecule has 4 atom stereocenters. The summed E-state index contributed by atoms with van der Waals surface area (Å²) in [5.74, 6) is 1.12. The highest BCUT2D eigenvalue weighted by atomic mass is 16.3. The second kappa shape index (κ2) is 5.99. The average molecular weight is 227 g/mol. The topological polar surface area (TPSA) is 52.5 Å². The summed E-state index contributed by atoms with van der Waals surface area (Å²) in [6.07, 6.45) is 7.98. The SMILES string of the molecule is OCC1CCCC1CNC1CCCCC1O. The third kappa shape index (κ3) is 2.96. The van der Waals surface area contributed by atoms with Crippen LogP contribution in [-0.4, -0.2) is 35.5 Å². The normalized spacial score (nSPS) is 40.1. The summed E-state index contributed by atoms with van der Waals surface area (Å²) in [5.41, 5.74) is 0. The lowest BCUT2D eigenvalue weighted by Gasteiger charge is -2.30. The van der Waals surface area contributed by atoms with Gasteiger partial charge in [0.05, 0.1) is 6.10 Å². The molecule has 0 heterocycles. The summed E-state index contributed by atoms with van der Waals surface area (Å²) in [6, 6.07) is 0.300. The summed E-state index contributed by atoms with van der Waals surface area (Å²) in [4.78, 5) is 0. The number of hydrogen-bond acceptors (Lipinski definition) is 3. The largest absolute Gasteiger partial charge is 0.396 e. The Balaban J connectivity index is 1.73. The van der Waals surface area contributed by atoms with Crippen molar-refractivity contribution in [1.82, 2.24) is 5.32 Å². The van der Waals surface area contributed by atoms with Crippen LogP contribution in [0.4, 0.5) is 0 Å². The Kier molecular flexibility index (Phi) is 4.62. The van der Waals surface area contributed by atoms with Crippen LogP contribution in [0.3, 0.4) is 0 Å². The van der Waals surface area contributed by atoms with Crippen molar-refractivity contribution in [1.29, 1.82) is 0 Å². The first-order chi connectivity index (χ1) is 7.81. The van der Waals surface area contributed by atoms with Gasteiger partial charge in [-0.3, -0.25) is 0 Å². The Hall–Kier alpha value is -0.120. The van der Waals surface area contributed by atoms with E-state index in [0.29, 0.717) is 24.5 Å². The lowest BCUT2D eigenvalue weighted by Crippen LogP contribution is -2.44. The van der Waals surface area contributed by atoms with Crippen molar-refractivity contribution < 1.29 is 10.2 Å². The van der Waals surface area contributed by atoms with Gasteiger partial charge in [-0.05, 0) is 44.1 Å². The van der Waals surface area contributed by atoms with Gasteiger partial charge >= 0.3 is 0 Å². The number of aliphatic hydroxyl groups excluding tert-OH is 2. The zero-order chi connectivity index (χ0) is 11.4. The summed E-state index contributed by atoms with van der Waals surface area (Å²) < 4.78 is 0. The minimum Gasteiger partial charge on any atom is -0.396 e. The fourth-order valence-corrected chi connectivity index (χ4v) is 3.27. The van der Waals surface area contributed by atoms with E-state index >= 15 is 0 Å². The van der Waals surface area contributed by atoms with Crippen LogP contribution in [0, 0.1) is 11.8 Å². The minimum absolute atomic E-state index is 0.150. The first kappa shape index (κ1) is 12.3. The maximum Gasteiger partial charge on any atom is 0.0693 e. The zero-order valence-corrected chi connectivity index (χ0v) is 10.1. The fraction of sp³-hybridized carbons (Fsp3) is 1.00. The molecule has 0 saturated heterocycles. The highest BCUT2D eigenvalue weighted by Gasteiger charge is 2.28. The van der Waals surface area contributed by atoms with E-state index in [9.17, 15) is 10.2 Å². The van der Waals surface area contributed by atoms with E-state index in [-0.39, 0.29) is 6.10 Å². The van der Waals surface area contributed by atoms with Crippen molar-refractivity contribution >= 4 is 0 Å². The van der Waals surface area contributed by atoms with Gasteiger partial charge in [0, 0.05) is 12.6 Å². The van der Waals surface area contributed by atoms with Crippen LogP contribution < -0.4 is 5.32 Å². The highest BCUT2D eigenvalue weighted by molar-refractivity contribution is 4.84. The van der Waals surface area contributed by atoms with E-state index < -0.39 is 0 Å². The van der Waals surface area contributed by atoms with Crippen LogP contribution in [0.1, 0.15) is 44.9 Å². The van der Waals surface area contributed by atoms with Gasteiger partial charge in [0.1, 0.15) is 0 Å². The van der Waals surface area contributed by atoms with E-state index in [1.54, 1.807) is 0 Å². The zero-order valence-electron chi connectivity index (χ0n) is 10.1. The summed E-state index contributed by atoms with van der Waals surface area (Å²) in [7, 11) is 0. The molecule has 2 saturated carbocycles. The first-order valence-corrected chi connectivity index (χ1v) is 6.83. The van der Waals surface area contributed by atoms with Crippen LogP contribution in [0.2, 0.25) is 0 Å². The summed E-state index contributed by atoms with van der Waals surface area (Å²) >= 11 is 0. The maximum absolute atomic E-state index is 9.85. The second-order valence-electron chi connectivity index (χ2n) is 5.50. The molecule has 2 fully saturated rings. The molecule has 0 amide bonds. The van der Waals surface area contributed by atoms with Gasteiger partial charge in [0.2, 0.25) is 0 Å². The molecule has 2 aliphatic carbocycles. The molecule has 3 nitrogen and oxygen atoms in total. The molecule has 0 aromatic carbocycles. The second-order valence-corrected chi connectivity index (χ2v) is 5.50. The molecule has 2 rings (SSSR count). The third-order valence-electron chi connectivity index (χ3n) is 4.42. The molecule has 0 radical (unpaired) electrons. The molecule has 3 heteroatoms. The number of rotatable bonds is 4. The van der Waals surface area contributed by atoms with Gasteiger partial charge in [0.25, 0.3) is 0 Å². The van der Waals surface area contributed by atoms with Crippen molar-refractivity contribution in [3.63, 3.8) is 0 Å². The average Bonchev–Trinajstić information content (AvgIpc) is 2.75. The van der Waals surface area contributed by atoms with Crippen LogP contribution in [-0.2, 0) is 0 Å². The van der Waals surface area contributed by atoms with Gasteiger partial charge in [-0.25, -0.2) is 0 Å². The fourth-order valence-electron chi connectivity index (χ4n) is 3.27. The van der Waals surface area contributed by atoms with Gasteiger partial charge in [0.15, 0.2) is 0 Å². The van der Waals surface area contributed by atoms with E-state index in [1.165, 1.54) is 32.1 Å². The maximum atomic E-state index is 9.85. The van der Waals surface area contributed by atoms with E-state index in [0.717, 1.165) is 19.4 Å². The summed E-state index contributed by atoms with van der Waals surface area (Å²) in [6.45, 7) is 1.31. The predicted octanol–water partition coefficient (Wildman–Crippen LogP) is 1.29. The molecular weight excluding hydrogens is 202 g/mol. The summed E-state index contributed by atoms with van der Waals surface area (Å²) in [5, 5.41) is 22.6. The molecule has 0 aromatic heterocycles. The van der Waals surface area contributed by atoms with E-state index in [4.69, 9.17) is 0 Å².